The summed E-state index contributed by atoms with van der Waals surface area (Å²) >= 11 is 0. The van der Waals surface area contributed by atoms with Crippen LogP contribution in [0.2, 0.25) is 0 Å². The van der Waals surface area contributed by atoms with Gasteiger partial charge in [-0.2, -0.15) is 0 Å². The molecule has 1 unspecified atom stereocenters. The van der Waals surface area contributed by atoms with E-state index in [2.05, 4.69) is 28.7 Å². The molecule has 0 radical (unpaired) electrons. The second-order valence-corrected chi connectivity index (χ2v) is 4.39. The van der Waals surface area contributed by atoms with Crippen LogP contribution in [-0.2, 0) is 13.0 Å². The summed E-state index contributed by atoms with van der Waals surface area (Å²) in [4.78, 5) is 4.42. The van der Waals surface area contributed by atoms with Crippen LogP contribution in [-0.4, -0.2) is 16.1 Å². The highest BCUT2D eigenvalue weighted by atomic mass is 16.3. The van der Waals surface area contributed by atoms with Crippen LogP contribution in [0, 0.1) is 6.92 Å². The van der Waals surface area contributed by atoms with E-state index >= 15 is 0 Å². The van der Waals surface area contributed by atoms with Gasteiger partial charge in [0.05, 0.1) is 6.04 Å². The topological polar surface area (TPSA) is 43.0 Å². The predicted octanol–water partition coefficient (Wildman–Crippen LogP) is 2.70. The van der Waals surface area contributed by atoms with E-state index in [4.69, 9.17) is 4.42 Å². The Morgan fingerprint density at radius 2 is 2.22 bits per heavy atom. The molecule has 2 aromatic heterocycles. The third kappa shape index (κ3) is 2.82. The molecule has 0 amide bonds. The van der Waals surface area contributed by atoms with Gasteiger partial charge in [-0.1, -0.05) is 6.92 Å². The van der Waals surface area contributed by atoms with Crippen LogP contribution in [0.1, 0.15) is 37.2 Å². The molecule has 0 saturated carbocycles. The standard InChI is InChI=1S/C14H21N3O/c1-4-15-12(13-7-6-11(3)18-13)10-14-16-8-9-17(14)5-2/h6-9,12,15H,4-5,10H2,1-3H3. The van der Waals surface area contributed by atoms with Crippen LogP contribution in [0.5, 0.6) is 0 Å². The van der Waals surface area contributed by atoms with Gasteiger partial charge in [-0.3, -0.25) is 0 Å². The molecule has 0 spiro atoms. The molecule has 1 atom stereocenters. The Morgan fingerprint density at radius 3 is 2.83 bits per heavy atom. The second-order valence-electron chi connectivity index (χ2n) is 4.39. The molecule has 0 saturated heterocycles. The maximum Gasteiger partial charge on any atom is 0.121 e. The minimum Gasteiger partial charge on any atom is -0.465 e. The highest BCUT2D eigenvalue weighted by Crippen LogP contribution is 2.20. The molecule has 4 heteroatoms. The van der Waals surface area contributed by atoms with Crippen molar-refractivity contribution in [3.63, 3.8) is 0 Å². The van der Waals surface area contributed by atoms with E-state index in [0.717, 1.165) is 36.9 Å². The zero-order valence-electron chi connectivity index (χ0n) is 11.3. The minimum absolute atomic E-state index is 0.191. The van der Waals surface area contributed by atoms with Gasteiger partial charge in [-0.25, -0.2) is 4.98 Å². The van der Waals surface area contributed by atoms with Gasteiger partial charge in [0.15, 0.2) is 0 Å². The second kappa shape index (κ2) is 5.87. The fraction of sp³-hybridized carbons (Fsp3) is 0.500. The molecule has 0 bridgehead atoms. The Kier molecular flexibility index (Phi) is 4.20. The molecular weight excluding hydrogens is 226 g/mol. The summed E-state index contributed by atoms with van der Waals surface area (Å²) in [5.41, 5.74) is 0. The Balaban J connectivity index is 2.16. The summed E-state index contributed by atoms with van der Waals surface area (Å²) in [5.74, 6) is 3.03. The van der Waals surface area contributed by atoms with E-state index in [1.54, 1.807) is 0 Å². The molecule has 0 aliphatic carbocycles. The summed E-state index contributed by atoms with van der Waals surface area (Å²) in [5, 5.41) is 3.45. The lowest BCUT2D eigenvalue weighted by molar-refractivity contribution is 0.396. The maximum absolute atomic E-state index is 5.72. The molecule has 98 valence electrons. The number of nitrogens with zero attached hydrogens (tertiary/aromatic N) is 2. The molecule has 0 fully saturated rings. The lowest BCUT2D eigenvalue weighted by atomic mass is 10.1. The van der Waals surface area contributed by atoms with Crippen LogP contribution in [0.15, 0.2) is 28.9 Å². The fourth-order valence-electron chi connectivity index (χ4n) is 2.16. The fourth-order valence-corrected chi connectivity index (χ4v) is 2.16. The number of furan rings is 1. The molecule has 2 heterocycles. The Labute approximate surface area is 108 Å². The van der Waals surface area contributed by atoms with E-state index in [-0.39, 0.29) is 6.04 Å². The number of imidazole rings is 1. The van der Waals surface area contributed by atoms with E-state index in [9.17, 15) is 0 Å². The van der Waals surface area contributed by atoms with Crippen molar-refractivity contribution in [2.45, 2.75) is 39.8 Å². The lowest BCUT2D eigenvalue weighted by Gasteiger charge is -2.15. The monoisotopic (exact) mass is 247 g/mol. The first kappa shape index (κ1) is 12.9. The zero-order chi connectivity index (χ0) is 13.0. The maximum atomic E-state index is 5.72. The molecule has 0 aliphatic heterocycles. The Hall–Kier alpha value is -1.55. The number of nitrogens with one attached hydrogen (secondary N) is 1. The van der Waals surface area contributed by atoms with Gasteiger partial charge >= 0.3 is 0 Å². The van der Waals surface area contributed by atoms with E-state index in [1.807, 2.05) is 31.5 Å². The number of hydrogen-bond acceptors (Lipinski definition) is 3. The highest BCUT2D eigenvalue weighted by Gasteiger charge is 2.17. The van der Waals surface area contributed by atoms with Gasteiger partial charge in [0, 0.05) is 25.4 Å². The molecule has 0 aromatic carbocycles. The lowest BCUT2D eigenvalue weighted by Crippen LogP contribution is -2.24. The third-order valence-electron chi connectivity index (χ3n) is 3.08. The van der Waals surface area contributed by atoms with Crippen molar-refractivity contribution in [1.82, 2.24) is 14.9 Å². The van der Waals surface area contributed by atoms with E-state index in [1.165, 1.54) is 0 Å². The molecule has 1 N–H and O–H groups in total. The van der Waals surface area contributed by atoms with Crippen molar-refractivity contribution in [1.29, 1.82) is 0 Å². The van der Waals surface area contributed by atoms with Crippen molar-refractivity contribution < 1.29 is 4.42 Å². The largest absolute Gasteiger partial charge is 0.465 e. The smallest absolute Gasteiger partial charge is 0.121 e. The predicted molar refractivity (Wildman–Crippen MR) is 71.5 cm³/mol. The van der Waals surface area contributed by atoms with Gasteiger partial charge in [-0.05, 0) is 32.5 Å². The molecule has 2 aromatic rings. The van der Waals surface area contributed by atoms with Crippen LogP contribution in [0.3, 0.4) is 0 Å². The van der Waals surface area contributed by atoms with Crippen molar-refractivity contribution >= 4 is 0 Å². The first-order valence-corrected chi connectivity index (χ1v) is 6.54. The zero-order valence-corrected chi connectivity index (χ0v) is 11.3. The van der Waals surface area contributed by atoms with Gasteiger partial charge in [0.2, 0.25) is 0 Å². The van der Waals surface area contributed by atoms with Crippen LogP contribution < -0.4 is 5.32 Å². The van der Waals surface area contributed by atoms with Gasteiger partial charge < -0.3 is 14.3 Å². The quantitative estimate of drug-likeness (QED) is 0.853. The first-order chi connectivity index (χ1) is 8.74. The van der Waals surface area contributed by atoms with Gasteiger partial charge in [-0.15, -0.1) is 0 Å². The van der Waals surface area contributed by atoms with Crippen LogP contribution in [0.4, 0.5) is 0 Å². The summed E-state index contributed by atoms with van der Waals surface area (Å²) in [6, 6.07) is 4.24. The first-order valence-electron chi connectivity index (χ1n) is 6.54. The average Bonchev–Trinajstić information content (AvgIpc) is 2.97. The SMILES string of the molecule is CCNC(Cc1nccn1CC)c1ccc(C)o1. The Morgan fingerprint density at radius 1 is 1.39 bits per heavy atom. The molecule has 18 heavy (non-hydrogen) atoms. The molecule has 2 rings (SSSR count). The van der Waals surface area contributed by atoms with Crippen molar-refractivity contribution in [2.24, 2.45) is 0 Å². The minimum atomic E-state index is 0.191. The highest BCUT2D eigenvalue weighted by molar-refractivity contribution is 5.12. The number of aryl methyl sites for hydroxylation is 2. The van der Waals surface area contributed by atoms with E-state index < -0.39 is 0 Å². The number of likely N-dealkylation sites (N-methyl/N-ethyl adjacent to an activating group) is 1. The molecular formula is C14H21N3O. The average molecular weight is 247 g/mol. The molecule has 0 aliphatic rings. The number of rotatable bonds is 6. The van der Waals surface area contributed by atoms with Crippen molar-refractivity contribution in [3.05, 3.63) is 41.9 Å². The summed E-state index contributed by atoms with van der Waals surface area (Å²) in [7, 11) is 0. The van der Waals surface area contributed by atoms with Crippen LogP contribution >= 0.6 is 0 Å². The normalized spacial score (nSPS) is 12.8. The third-order valence-corrected chi connectivity index (χ3v) is 3.08. The summed E-state index contributed by atoms with van der Waals surface area (Å²) in [6.07, 6.45) is 4.72. The van der Waals surface area contributed by atoms with Gasteiger partial charge in [0.25, 0.3) is 0 Å². The summed E-state index contributed by atoms with van der Waals surface area (Å²) < 4.78 is 7.89. The summed E-state index contributed by atoms with van der Waals surface area (Å²) in [6.45, 7) is 8.07. The Bertz CT molecular complexity index is 487. The van der Waals surface area contributed by atoms with Crippen molar-refractivity contribution in [3.8, 4) is 0 Å². The molecule has 4 nitrogen and oxygen atoms in total. The van der Waals surface area contributed by atoms with E-state index in [0.29, 0.717) is 0 Å². The number of hydrogen-bond donors (Lipinski definition) is 1. The van der Waals surface area contributed by atoms with Gasteiger partial charge in [0.1, 0.15) is 17.3 Å². The van der Waals surface area contributed by atoms with Crippen LogP contribution in [0.25, 0.3) is 0 Å². The van der Waals surface area contributed by atoms with Crippen molar-refractivity contribution in [2.75, 3.05) is 6.54 Å². The number of aromatic nitrogens is 2.